The molecule has 8 nitrogen and oxygen atoms in total. The predicted octanol–water partition coefficient (Wildman–Crippen LogP) is 3.55. The highest BCUT2D eigenvalue weighted by Crippen LogP contribution is 2.44. The molecule has 0 aromatic heterocycles. The number of aliphatic carboxylic acids is 1. The van der Waals surface area contributed by atoms with Gasteiger partial charge in [0.05, 0.1) is 0 Å². The summed E-state index contributed by atoms with van der Waals surface area (Å²) in [7, 11) is 0. The second-order valence-electron chi connectivity index (χ2n) is 9.33. The monoisotopic (exact) mass is 480 g/mol. The predicted molar refractivity (Wildman–Crippen MR) is 130 cm³/mol. The molecule has 35 heavy (non-hydrogen) atoms. The molecule has 2 aromatic carbocycles. The normalized spacial score (nSPS) is 19.5. The van der Waals surface area contributed by atoms with Gasteiger partial charge in [0.1, 0.15) is 6.61 Å². The molecule has 4 rings (SSSR count). The fourth-order valence-corrected chi connectivity index (χ4v) is 4.84. The largest absolute Gasteiger partial charge is 0.479 e. The first-order chi connectivity index (χ1) is 16.9. The summed E-state index contributed by atoms with van der Waals surface area (Å²) in [6.07, 6.45) is 0.204. The van der Waals surface area contributed by atoms with E-state index in [1.54, 1.807) is 0 Å². The number of carbonyl (C=O) groups excluding carboxylic acids is 2. The average molecular weight is 481 g/mol. The Morgan fingerprint density at radius 1 is 1.06 bits per heavy atom. The lowest BCUT2D eigenvalue weighted by atomic mass is 9.98. The van der Waals surface area contributed by atoms with Crippen LogP contribution in [-0.4, -0.2) is 55.5 Å². The number of rotatable bonds is 10. The number of amides is 2. The van der Waals surface area contributed by atoms with E-state index in [1.807, 2.05) is 31.2 Å². The van der Waals surface area contributed by atoms with Crippen molar-refractivity contribution in [2.45, 2.75) is 38.2 Å². The van der Waals surface area contributed by atoms with E-state index in [4.69, 9.17) is 14.6 Å². The van der Waals surface area contributed by atoms with Crippen LogP contribution in [-0.2, 0) is 19.1 Å². The van der Waals surface area contributed by atoms with E-state index in [0.717, 1.165) is 0 Å². The van der Waals surface area contributed by atoms with Crippen molar-refractivity contribution in [1.82, 2.24) is 10.6 Å². The highest BCUT2D eigenvalue weighted by molar-refractivity contribution is 5.79. The van der Waals surface area contributed by atoms with E-state index in [9.17, 15) is 14.4 Å². The van der Waals surface area contributed by atoms with Gasteiger partial charge in [-0.25, -0.2) is 9.59 Å². The third kappa shape index (κ3) is 6.00. The molecule has 8 heteroatoms. The molecule has 2 aromatic rings. The topological polar surface area (TPSA) is 114 Å². The number of hydrogen-bond acceptors (Lipinski definition) is 5. The average Bonchev–Trinajstić information content (AvgIpc) is 3.46. The Morgan fingerprint density at radius 2 is 1.71 bits per heavy atom. The summed E-state index contributed by atoms with van der Waals surface area (Å²) >= 11 is 0. The van der Waals surface area contributed by atoms with Crippen molar-refractivity contribution in [2.75, 3.05) is 26.3 Å². The quantitative estimate of drug-likeness (QED) is 0.479. The van der Waals surface area contributed by atoms with Crippen molar-refractivity contribution in [3.8, 4) is 11.1 Å². The molecule has 0 bridgehead atoms. The number of fused-ring (bicyclic) bond motifs is 3. The summed E-state index contributed by atoms with van der Waals surface area (Å²) < 4.78 is 10.7. The minimum Gasteiger partial charge on any atom is -0.479 e. The molecule has 1 aliphatic carbocycles. The van der Waals surface area contributed by atoms with E-state index in [0.29, 0.717) is 39.0 Å². The Balaban J connectivity index is 1.16. The maximum Gasteiger partial charge on any atom is 0.407 e. The molecule has 0 saturated carbocycles. The minimum absolute atomic E-state index is 0.0141. The molecule has 3 N–H and O–H groups in total. The molecule has 0 spiro atoms. The molecule has 2 amide bonds. The van der Waals surface area contributed by atoms with Gasteiger partial charge >= 0.3 is 12.1 Å². The number of benzene rings is 2. The van der Waals surface area contributed by atoms with Crippen LogP contribution >= 0.6 is 0 Å². The summed E-state index contributed by atoms with van der Waals surface area (Å²) in [6, 6.07) is 16.4. The zero-order valence-corrected chi connectivity index (χ0v) is 19.9. The Hall–Kier alpha value is -3.39. The van der Waals surface area contributed by atoms with Gasteiger partial charge in [-0.05, 0) is 41.0 Å². The maximum atomic E-state index is 12.3. The number of nitrogens with one attached hydrogen (secondary N) is 2. The van der Waals surface area contributed by atoms with Crippen molar-refractivity contribution in [1.29, 1.82) is 0 Å². The molecule has 1 aliphatic heterocycles. The first kappa shape index (κ1) is 24.7. The van der Waals surface area contributed by atoms with Gasteiger partial charge in [-0.15, -0.1) is 0 Å². The van der Waals surface area contributed by atoms with Gasteiger partial charge in [-0.2, -0.15) is 0 Å². The summed E-state index contributed by atoms with van der Waals surface area (Å²) in [6.45, 7) is 3.32. The van der Waals surface area contributed by atoms with E-state index in [2.05, 4.69) is 34.9 Å². The van der Waals surface area contributed by atoms with Crippen molar-refractivity contribution < 1.29 is 29.0 Å². The maximum absolute atomic E-state index is 12.3. The molecule has 186 valence electrons. The molecule has 3 atom stereocenters. The van der Waals surface area contributed by atoms with Gasteiger partial charge in [0.15, 0.2) is 6.10 Å². The number of alkyl carbamates (subject to hydrolysis) is 1. The van der Waals surface area contributed by atoms with E-state index < -0.39 is 18.2 Å². The summed E-state index contributed by atoms with van der Waals surface area (Å²) in [5, 5.41) is 14.7. The van der Waals surface area contributed by atoms with Crippen molar-refractivity contribution in [3.05, 3.63) is 59.7 Å². The number of hydrogen-bond donors (Lipinski definition) is 3. The Kier molecular flexibility index (Phi) is 8.02. The fraction of sp³-hybridized carbons (Fsp3) is 0.444. The molecule has 1 fully saturated rings. The SMILES string of the molecule is CC(CCC(=O)NC[C@H]1CCO[C@H]1C(=O)O)CNC(=O)OCC1c2ccccc2-c2ccccc21. The van der Waals surface area contributed by atoms with Gasteiger partial charge in [-0.3, -0.25) is 4.79 Å². The number of ether oxygens (including phenoxy) is 2. The van der Waals surface area contributed by atoms with Gasteiger partial charge in [0.2, 0.25) is 5.91 Å². The third-order valence-corrected chi connectivity index (χ3v) is 6.82. The molecule has 1 heterocycles. The van der Waals surface area contributed by atoms with E-state index in [-0.39, 0.29) is 30.3 Å². The molecule has 0 radical (unpaired) electrons. The standard InChI is InChI=1S/C27H32N2O6/c1-17(10-11-24(30)28-15-18-12-13-34-25(18)26(31)32)14-29-27(33)35-16-23-21-8-4-2-6-19(21)20-7-3-5-9-22(20)23/h2-9,17-18,23,25H,10-16H2,1H3,(H,28,30)(H,29,33)(H,31,32)/t17?,18-,25-/m1/s1. The first-order valence-corrected chi connectivity index (χ1v) is 12.1. The number of carboxylic acid groups (broad SMARTS) is 1. The summed E-state index contributed by atoms with van der Waals surface area (Å²) in [5.74, 6) is -1.23. The fourth-order valence-electron chi connectivity index (χ4n) is 4.84. The van der Waals surface area contributed by atoms with Crippen LogP contribution in [0, 0.1) is 11.8 Å². The highest BCUT2D eigenvalue weighted by Gasteiger charge is 2.34. The van der Waals surface area contributed by atoms with Crippen LogP contribution in [0.5, 0.6) is 0 Å². The third-order valence-electron chi connectivity index (χ3n) is 6.82. The minimum atomic E-state index is -0.991. The second-order valence-corrected chi connectivity index (χ2v) is 9.33. The molecule has 1 saturated heterocycles. The molecule has 1 unspecified atom stereocenters. The smallest absolute Gasteiger partial charge is 0.407 e. The van der Waals surface area contributed by atoms with Gasteiger partial charge < -0.3 is 25.2 Å². The van der Waals surface area contributed by atoms with Crippen LogP contribution < -0.4 is 10.6 Å². The van der Waals surface area contributed by atoms with Crippen LogP contribution in [0.15, 0.2) is 48.5 Å². The van der Waals surface area contributed by atoms with Gasteiger partial charge in [0, 0.05) is 38.0 Å². The lowest BCUT2D eigenvalue weighted by Crippen LogP contribution is -2.36. The lowest BCUT2D eigenvalue weighted by Gasteiger charge is -2.17. The van der Waals surface area contributed by atoms with Crippen LogP contribution in [0.1, 0.15) is 43.2 Å². The lowest BCUT2D eigenvalue weighted by molar-refractivity contribution is -0.149. The number of carboxylic acids is 1. The second kappa shape index (κ2) is 11.4. The van der Waals surface area contributed by atoms with Crippen molar-refractivity contribution in [2.24, 2.45) is 11.8 Å². The zero-order valence-electron chi connectivity index (χ0n) is 19.9. The first-order valence-electron chi connectivity index (χ1n) is 12.1. The van der Waals surface area contributed by atoms with Crippen LogP contribution in [0.3, 0.4) is 0 Å². The van der Waals surface area contributed by atoms with Gasteiger partial charge in [-0.1, -0.05) is 55.5 Å². The van der Waals surface area contributed by atoms with Crippen molar-refractivity contribution in [3.63, 3.8) is 0 Å². The van der Waals surface area contributed by atoms with E-state index in [1.165, 1.54) is 22.3 Å². The Morgan fingerprint density at radius 3 is 2.37 bits per heavy atom. The van der Waals surface area contributed by atoms with Gasteiger partial charge in [0.25, 0.3) is 0 Å². The highest BCUT2D eigenvalue weighted by atomic mass is 16.5. The van der Waals surface area contributed by atoms with Crippen LogP contribution in [0.4, 0.5) is 4.79 Å². The van der Waals surface area contributed by atoms with Crippen LogP contribution in [0.2, 0.25) is 0 Å². The molecular weight excluding hydrogens is 448 g/mol. The van der Waals surface area contributed by atoms with Crippen LogP contribution in [0.25, 0.3) is 11.1 Å². The summed E-state index contributed by atoms with van der Waals surface area (Å²) in [4.78, 5) is 35.6. The Bertz CT molecular complexity index is 1030. The molecular formula is C27H32N2O6. The number of carbonyl (C=O) groups is 3. The Labute approximate surface area is 205 Å². The molecule has 2 aliphatic rings. The van der Waals surface area contributed by atoms with Crippen molar-refractivity contribution >= 4 is 18.0 Å². The van der Waals surface area contributed by atoms with E-state index >= 15 is 0 Å². The zero-order chi connectivity index (χ0) is 24.8. The summed E-state index contributed by atoms with van der Waals surface area (Å²) in [5.41, 5.74) is 4.70.